The smallest absolute Gasteiger partial charge is 0.0505 e. The summed E-state index contributed by atoms with van der Waals surface area (Å²) >= 11 is 0. The van der Waals surface area contributed by atoms with Crippen molar-refractivity contribution in [3.63, 3.8) is 0 Å². The van der Waals surface area contributed by atoms with Crippen LogP contribution in [-0.2, 0) is 23.7 Å². The van der Waals surface area contributed by atoms with E-state index < -0.39 is 0 Å². The zero-order valence-corrected chi connectivity index (χ0v) is 33.2. The van der Waals surface area contributed by atoms with Crippen LogP contribution in [0.1, 0.15) is 60.1 Å². The molecule has 8 aromatic carbocycles. The van der Waals surface area contributed by atoms with Gasteiger partial charge in [-0.25, -0.2) is 0 Å². The van der Waals surface area contributed by atoms with E-state index in [0.29, 0.717) is 0 Å². The summed E-state index contributed by atoms with van der Waals surface area (Å²) in [6.45, 7) is 4.83. The van der Waals surface area contributed by atoms with Crippen LogP contribution in [0.25, 0.3) is 22.3 Å². The van der Waals surface area contributed by atoms with E-state index in [1.165, 1.54) is 78.4 Å². The van der Waals surface area contributed by atoms with Gasteiger partial charge in [0.05, 0.1) is 5.69 Å². The van der Waals surface area contributed by atoms with Crippen molar-refractivity contribution in [3.8, 4) is 22.3 Å². The third kappa shape index (κ3) is 5.24. The van der Waals surface area contributed by atoms with E-state index in [-0.39, 0.29) is 10.8 Å². The second-order valence-corrected chi connectivity index (χ2v) is 16.8. The quantitative estimate of drug-likeness (QED) is 0.160. The average molecular weight is 747 g/mol. The van der Waals surface area contributed by atoms with Crippen molar-refractivity contribution in [2.75, 3.05) is 9.80 Å². The van der Waals surface area contributed by atoms with Gasteiger partial charge < -0.3 is 9.80 Å². The van der Waals surface area contributed by atoms with E-state index in [2.05, 4.69) is 218 Å². The fraction of sp³-hybridized carbons (Fsp3) is 0.143. The molecule has 0 saturated carbocycles. The molecular formula is C56H46N2. The van der Waals surface area contributed by atoms with E-state index in [1.807, 2.05) is 0 Å². The highest BCUT2D eigenvalue weighted by molar-refractivity contribution is 5.96. The first kappa shape index (κ1) is 34.6. The summed E-state index contributed by atoms with van der Waals surface area (Å²) in [7, 11) is 0. The number of para-hydroxylation sites is 4. The van der Waals surface area contributed by atoms with E-state index in [4.69, 9.17) is 0 Å². The Morgan fingerprint density at radius 2 is 0.879 bits per heavy atom. The molecule has 0 N–H and O–H groups in total. The second-order valence-electron chi connectivity index (χ2n) is 16.8. The van der Waals surface area contributed by atoms with Crippen molar-refractivity contribution in [3.05, 3.63) is 228 Å². The Morgan fingerprint density at radius 3 is 1.47 bits per heavy atom. The van der Waals surface area contributed by atoms with Crippen molar-refractivity contribution in [1.82, 2.24) is 0 Å². The van der Waals surface area contributed by atoms with Gasteiger partial charge in [0.15, 0.2) is 0 Å². The van der Waals surface area contributed by atoms with Gasteiger partial charge in [0.25, 0.3) is 0 Å². The van der Waals surface area contributed by atoms with E-state index >= 15 is 0 Å². The maximum atomic E-state index is 2.50. The number of aryl methyl sites for hydroxylation is 2. The number of rotatable bonds is 7. The predicted octanol–water partition coefficient (Wildman–Crippen LogP) is 14.8. The Labute approximate surface area is 342 Å². The maximum absolute atomic E-state index is 2.50. The molecule has 3 aliphatic rings. The topological polar surface area (TPSA) is 6.48 Å². The van der Waals surface area contributed by atoms with Gasteiger partial charge in [-0.1, -0.05) is 141 Å². The molecule has 1 atom stereocenters. The van der Waals surface area contributed by atoms with Crippen molar-refractivity contribution >= 4 is 34.1 Å². The normalized spacial score (nSPS) is 16.7. The van der Waals surface area contributed by atoms with Crippen LogP contribution in [-0.4, -0.2) is 0 Å². The van der Waals surface area contributed by atoms with E-state index in [1.54, 1.807) is 0 Å². The van der Waals surface area contributed by atoms with Crippen LogP contribution in [0.5, 0.6) is 0 Å². The van der Waals surface area contributed by atoms with Crippen LogP contribution in [0.4, 0.5) is 34.1 Å². The summed E-state index contributed by atoms with van der Waals surface area (Å²) in [5, 5.41) is 0. The third-order valence-electron chi connectivity index (χ3n) is 13.4. The van der Waals surface area contributed by atoms with Crippen molar-refractivity contribution in [2.45, 2.75) is 50.4 Å². The molecule has 8 aromatic rings. The minimum atomic E-state index is -0.176. The number of anilines is 6. The predicted molar refractivity (Wildman–Crippen MR) is 243 cm³/mol. The maximum Gasteiger partial charge on any atom is 0.0505 e. The van der Waals surface area contributed by atoms with Crippen molar-refractivity contribution in [2.24, 2.45) is 0 Å². The summed E-state index contributed by atoms with van der Waals surface area (Å²) in [4.78, 5) is 4.88. The highest BCUT2D eigenvalue weighted by Gasteiger charge is 2.49. The van der Waals surface area contributed by atoms with Crippen LogP contribution in [0.3, 0.4) is 0 Å². The number of hydrogen-bond acceptors (Lipinski definition) is 2. The van der Waals surface area contributed by atoms with E-state index in [0.717, 1.165) is 37.1 Å². The Morgan fingerprint density at radius 1 is 0.379 bits per heavy atom. The number of benzene rings is 8. The molecular weight excluding hydrogens is 701 g/mol. The van der Waals surface area contributed by atoms with Crippen LogP contribution in [0, 0.1) is 0 Å². The monoisotopic (exact) mass is 746 g/mol. The molecule has 0 fully saturated rings. The Hall–Kier alpha value is -6.64. The summed E-state index contributed by atoms with van der Waals surface area (Å²) in [5.41, 5.74) is 21.2. The lowest BCUT2D eigenvalue weighted by Crippen LogP contribution is -2.25. The lowest BCUT2D eigenvalue weighted by Gasteiger charge is -2.35. The number of nitrogens with zero attached hydrogens (tertiary/aromatic N) is 2. The minimum absolute atomic E-state index is 0.0882. The molecule has 3 aliphatic carbocycles. The highest BCUT2D eigenvalue weighted by Crippen LogP contribution is 2.61. The summed E-state index contributed by atoms with van der Waals surface area (Å²) in [5.74, 6) is 0. The number of fused-ring (bicyclic) bond motifs is 7. The molecule has 2 heteroatoms. The van der Waals surface area contributed by atoms with Gasteiger partial charge in [-0.3, -0.25) is 0 Å². The minimum Gasteiger partial charge on any atom is -0.310 e. The molecule has 0 amide bonds. The van der Waals surface area contributed by atoms with Gasteiger partial charge >= 0.3 is 0 Å². The third-order valence-corrected chi connectivity index (χ3v) is 13.4. The Bertz CT molecular complexity index is 2720. The summed E-state index contributed by atoms with van der Waals surface area (Å²) in [6, 6.07) is 71.9. The van der Waals surface area contributed by atoms with Crippen LogP contribution in [0.15, 0.2) is 194 Å². The highest BCUT2D eigenvalue weighted by atomic mass is 15.1. The zero-order chi connectivity index (χ0) is 38.8. The van der Waals surface area contributed by atoms with Gasteiger partial charge in [0.2, 0.25) is 0 Å². The van der Waals surface area contributed by atoms with Gasteiger partial charge in [0, 0.05) is 39.3 Å². The van der Waals surface area contributed by atoms with Crippen LogP contribution >= 0.6 is 0 Å². The molecule has 0 aliphatic heterocycles. The fourth-order valence-corrected chi connectivity index (χ4v) is 10.9. The van der Waals surface area contributed by atoms with Crippen LogP contribution in [0.2, 0.25) is 0 Å². The molecule has 0 saturated heterocycles. The number of hydrogen-bond donors (Lipinski definition) is 0. The molecule has 0 heterocycles. The second kappa shape index (κ2) is 13.5. The molecule has 0 radical (unpaired) electrons. The Balaban J connectivity index is 1.09. The van der Waals surface area contributed by atoms with Crippen molar-refractivity contribution in [1.29, 1.82) is 0 Å². The molecule has 58 heavy (non-hydrogen) atoms. The molecule has 11 rings (SSSR count). The summed E-state index contributed by atoms with van der Waals surface area (Å²) in [6.07, 6.45) is 4.41. The largest absolute Gasteiger partial charge is 0.310 e. The molecule has 0 bridgehead atoms. The first-order chi connectivity index (χ1) is 28.5. The lowest BCUT2D eigenvalue weighted by molar-refractivity contribution is 0.509. The lowest BCUT2D eigenvalue weighted by atomic mass is 9.72. The zero-order valence-electron chi connectivity index (χ0n) is 33.2. The molecule has 2 nitrogen and oxygen atoms in total. The molecule has 1 spiro atoms. The van der Waals surface area contributed by atoms with E-state index in [9.17, 15) is 0 Å². The molecule has 0 aromatic heterocycles. The SMILES string of the molecule is CC1(C)c2cc(N(c3ccccc3)c3ccccc3)ccc2-c2c(-c3cccc4c3[C@@]3(CC4)CCc4cccc(N(c5ccccc5)c5ccccc5)c43)cccc21. The van der Waals surface area contributed by atoms with Gasteiger partial charge in [-0.15, -0.1) is 0 Å². The molecule has 0 unspecified atom stereocenters. The first-order valence-electron chi connectivity index (χ1n) is 20.9. The standard InChI is InChI=1S/C56H46N2/c1-55(2)49-30-17-28-46(52(49)48-33-32-45(38-50(48)55)57(41-20-7-3-8-21-41)42-22-9-4-10-23-42)47-29-15-18-39-34-36-56(53(39)47)37-35-40-19-16-31-51(54(40)56)58(43-24-11-5-12-25-43)44-26-13-6-14-27-44/h3-33,38H,34-37H2,1-2H3/t56-/m1/s1. The fourth-order valence-electron chi connectivity index (χ4n) is 10.9. The van der Waals surface area contributed by atoms with Gasteiger partial charge in [-0.2, -0.15) is 0 Å². The van der Waals surface area contributed by atoms with Gasteiger partial charge in [-0.05, 0) is 148 Å². The molecule has 280 valence electrons. The van der Waals surface area contributed by atoms with Crippen LogP contribution < -0.4 is 9.80 Å². The first-order valence-corrected chi connectivity index (χ1v) is 20.9. The summed E-state index contributed by atoms with van der Waals surface area (Å²) < 4.78 is 0. The van der Waals surface area contributed by atoms with Crippen molar-refractivity contribution < 1.29 is 0 Å². The average Bonchev–Trinajstić information content (AvgIpc) is 3.93. The van der Waals surface area contributed by atoms with Gasteiger partial charge in [0.1, 0.15) is 0 Å². The Kier molecular flexibility index (Phi) is 8.05.